The van der Waals surface area contributed by atoms with Gasteiger partial charge in [-0.1, -0.05) is 0 Å². The smallest absolute Gasteiger partial charge is 0.0537 e. The lowest BCUT2D eigenvalue weighted by Crippen LogP contribution is -2.38. The minimum absolute atomic E-state index is 0. The lowest BCUT2D eigenvalue weighted by molar-refractivity contribution is 0.166. The molecule has 18 heavy (non-hydrogen) atoms. The van der Waals surface area contributed by atoms with Crippen molar-refractivity contribution in [3.8, 4) is 0 Å². The maximum atomic E-state index is 4.31. The predicted octanol–water partition coefficient (Wildman–Crippen LogP) is 1.58. The summed E-state index contributed by atoms with van der Waals surface area (Å²) in [5, 5.41) is 7.61. The summed E-state index contributed by atoms with van der Waals surface area (Å²) < 4.78 is 1.96. The van der Waals surface area contributed by atoms with Crippen molar-refractivity contribution in [2.24, 2.45) is 13.0 Å². The maximum Gasteiger partial charge on any atom is 0.0537 e. The fraction of sp³-hybridized carbons (Fsp3) is 0.769. The molecule has 1 unspecified atom stereocenters. The first-order valence-electron chi connectivity index (χ1n) is 6.55. The van der Waals surface area contributed by atoms with Crippen LogP contribution in [-0.2, 0) is 13.6 Å². The average molecular weight is 273 g/mol. The van der Waals surface area contributed by atoms with Crippen LogP contribution in [0.4, 0.5) is 0 Å². The zero-order chi connectivity index (χ0) is 12.3. The summed E-state index contributed by atoms with van der Waals surface area (Å²) in [6, 6.07) is 0. The van der Waals surface area contributed by atoms with Crippen molar-refractivity contribution in [3.05, 3.63) is 17.5 Å². The molecule has 0 aliphatic carbocycles. The van der Waals surface area contributed by atoms with E-state index in [-0.39, 0.29) is 12.4 Å². The van der Waals surface area contributed by atoms with Crippen molar-refractivity contribution < 1.29 is 0 Å². The molecule has 0 spiro atoms. The van der Waals surface area contributed by atoms with Crippen molar-refractivity contribution in [2.45, 2.75) is 26.3 Å². The van der Waals surface area contributed by atoms with E-state index in [2.05, 4.69) is 22.2 Å². The molecule has 4 nitrogen and oxygen atoms in total. The Morgan fingerprint density at radius 1 is 1.50 bits per heavy atom. The van der Waals surface area contributed by atoms with Crippen LogP contribution >= 0.6 is 12.4 Å². The number of nitrogens with zero attached hydrogens (tertiary/aromatic N) is 3. The van der Waals surface area contributed by atoms with Gasteiger partial charge in [-0.25, -0.2) is 0 Å². The fourth-order valence-electron chi connectivity index (χ4n) is 2.69. The van der Waals surface area contributed by atoms with Crippen LogP contribution in [0.15, 0.2) is 6.20 Å². The number of hydrogen-bond donors (Lipinski definition) is 1. The number of rotatable bonds is 4. The van der Waals surface area contributed by atoms with Crippen molar-refractivity contribution in [1.82, 2.24) is 20.0 Å². The summed E-state index contributed by atoms with van der Waals surface area (Å²) >= 11 is 0. The molecule has 104 valence electrons. The summed E-state index contributed by atoms with van der Waals surface area (Å²) in [7, 11) is 4.06. The molecule has 1 aliphatic heterocycles. The van der Waals surface area contributed by atoms with Crippen LogP contribution in [-0.4, -0.2) is 41.4 Å². The molecule has 2 heterocycles. The summed E-state index contributed by atoms with van der Waals surface area (Å²) in [6.45, 7) is 6.80. The van der Waals surface area contributed by atoms with Crippen molar-refractivity contribution in [3.63, 3.8) is 0 Å². The van der Waals surface area contributed by atoms with Crippen molar-refractivity contribution in [1.29, 1.82) is 0 Å². The normalized spacial score (nSPS) is 20.7. The number of likely N-dealkylation sites (tertiary alicyclic amines) is 1. The first-order valence-corrected chi connectivity index (χ1v) is 6.55. The topological polar surface area (TPSA) is 33.1 Å². The molecule has 5 heteroatoms. The van der Waals surface area contributed by atoms with Gasteiger partial charge in [0.15, 0.2) is 0 Å². The highest BCUT2D eigenvalue weighted by Crippen LogP contribution is 2.18. The first-order chi connectivity index (χ1) is 8.20. The van der Waals surface area contributed by atoms with Gasteiger partial charge in [0.2, 0.25) is 0 Å². The highest BCUT2D eigenvalue weighted by Gasteiger charge is 2.20. The Kier molecular flexibility index (Phi) is 6.12. The van der Waals surface area contributed by atoms with Gasteiger partial charge in [0.05, 0.1) is 6.20 Å². The van der Waals surface area contributed by atoms with Gasteiger partial charge in [0.25, 0.3) is 0 Å². The van der Waals surface area contributed by atoms with E-state index in [1.54, 1.807) is 0 Å². The quantitative estimate of drug-likeness (QED) is 0.904. The van der Waals surface area contributed by atoms with E-state index in [9.17, 15) is 0 Å². The Balaban J connectivity index is 0.00000162. The van der Waals surface area contributed by atoms with Crippen molar-refractivity contribution >= 4 is 12.4 Å². The SMILES string of the molecule is CNCC1CCCN(Cc2cnn(C)c2C)C1.Cl. The number of hydrogen-bond acceptors (Lipinski definition) is 3. The minimum atomic E-state index is 0. The van der Waals surface area contributed by atoms with Gasteiger partial charge in [0.1, 0.15) is 0 Å². The van der Waals surface area contributed by atoms with Gasteiger partial charge < -0.3 is 5.32 Å². The van der Waals surface area contributed by atoms with Crippen LogP contribution in [0.5, 0.6) is 0 Å². The lowest BCUT2D eigenvalue weighted by atomic mass is 9.97. The van der Waals surface area contributed by atoms with Crippen LogP contribution in [0, 0.1) is 12.8 Å². The van der Waals surface area contributed by atoms with Gasteiger partial charge >= 0.3 is 0 Å². The summed E-state index contributed by atoms with van der Waals surface area (Å²) in [4.78, 5) is 2.56. The van der Waals surface area contributed by atoms with Crippen LogP contribution in [0.25, 0.3) is 0 Å². The zero-order valence-corrected chi connectivity index (χ0v) is 12.5. The van der Waals surface area contributed by atoms with E-state index in [1.807, 2.05) is 25.0 Å². The second-order valence-corrected chi connectivity index (χ2v) is 5.18. The van der Waals surface area contributed by atoms with E-state index in [4.69, 9.17) is 0 Å². The highest BCUT2D eigenvalue weighted by atomic mass is 35.5. The molecular formula is C13H25ClN4. The molecule has 1 saturated heterocycles. The second kappa shape index (κ2) is 7.12. The standard InChI is InChI=1S/C13H24N4.ClH/c1-11-13(8-15-16(11)3)10-17-6-4-5-12(9-17)7-14-2;/h8,12,14H,4-7,9-10H2,1-3H3;1H. The van der Waals surface area contributed by atoms with Gasteiger partial charge in [-0.3, -0.25) is 9.58 Å². The molecule has 0 saturated carbocycles. The van der Waals surface area contributed by atoms with Crippen molar-refractivity contribution in [2.75, 3.05) is 26.7 Å². The Morgan fingerprint density at radius 3 is 2.89 bits per heavy atom. The Labute approximate surface area is 116 Å². The van der Waals surface area contributed by atoms with Gasteiger partial charge in [-0.15, -0.1) is 12.4 Å². The number of nitrogens with one attached hydrogen (secondary N) is 1. The monoisotopic (exact) mass is 272 g/mol. The van der Waals surface area contributed by atoms with E-state index in [0.717, 1.165) is 19.0 Å². The molecule has 1 atom stereocenters. The molecule has 1 aliphatic rings. The fourth-order valence-corrected chi connectivity index (χ4v) is 2.69. The van der Waals surface area contributed by atoms with Crippen LogP contribution < -0.4 is 5.32 Å². The molecule has 0 amide bonds. The van der Waals surface area contributed by atoms with Crippen LogP contribution in [0.2, 0.25) is 0 Å². The number of aromatic nitrogens is 2. The molecule has 1 aromatic heterocycles. The summed E-state index contributed by atoms with van der Waals surface area (Å²) in [5.41, 5.74) is 2.67. The first kappa shape index (κ1) is 15.5. The summed E-state index contributed by atoms with van der Waals surface area (Å²) in [6.07, 6.45) is 4.70. The maximum absolute atomic E-state index is 4.31. The Morgan fingerprint density at radius 2 is 2.28 bits per heavy atom. The van der Waals surface area contributed by atoms with E-state index in [1.165, 1.54) is 37.2 Å². The number of halogens is 1. The predicted molar refractivity (Wildman–Crippen MR) is 77.1 cm³/mol. The Hall–Kier alpha value is -0.580. The third kappa shape index (κ3) is 3.70. The second-order valence-electron chi connectivity index (χ2n) is 5.18. The molecule has 1 N–H and O–H groups in total. The van der Waals surface area contributed by atoms with Gasteiger partial charge in [-0.05, 0) is 45.8 Å². The molecular weight excluding hydrogens is 248 g/mol. The van der Waals surface area contributed by atoms with E-state index >= 15 is 0 Å². The molecule has 0 radical (unpaired) electrons. The average Bonchev–Trinajstić information content (AvgIpc) is 2.62. The Bertz CT molecular complexity index is 362. The number of piperidine rings is 1. The number of aryl methyl sites for hydroxylation is 1. The minimum Gasteiger partial charge on any atom is -0.319 e. The third-order valence-electron chi connectivity index (χ3n) is 3.83. The van der Waals surface area contributed by atoms with Crippen LogP contribution in [0.3, 0.4) is 0 Å². The molecule has 1 fully saturated rings. The zero-order valence-electron chi connectivity index (χ0n) is 11.6. The van der Waals surface area contributed by atoms with E-state index in [0.29, 0.717) is 0 Å². The molecule has 0 aromatic carbocycles. The lowest BCUT2D eigenvalue weighted by Gasteiger charge is -2.32. The highest BCUT2D eigenvalue weighted by molar-refractivity contribution is 5.85. The van der Waals surface area contributed by atoms with Crippen LogP contribution in [0.1, 0.15) is 24.1 Å². The van der Waals surface area contributed by atoms with E-state index < -0.39 is 0 Å². The third-order valence-corrected chi connectivity index (χ3v) is 3.83. The molecule has 2 rings (SSSR count). The largest absolute Gasteiger partial charge is 0.319 e. The molecule has 1 aromatic rings. The van der Waals surface area contributed by atoms with Gasteiger partial charge in [0, 0.05) is 31.4 Å². The summed E-state index contributed by atoms with van der Waals surface area (Å²) in [5.74, 6) is 0.811. The van der Waals surface area contributed by atoms with Gasteiger partial charge in [-0.2, -0.15) is 5.10 Å². The molecule has 0 bridgehead atoms.